The fourth-order valence-corrected chi connectivity index (χ4v) is 2.55. The Kier molecular flexibility index (Phi) is 2.88. The monoisotopic (exact) mass is 243 g/mol. The molecule has 0 fully saturated rings. The number of nitrogens with zero attached hydrogens (tertiary/aromatic N) is 3. The maximum atomic E-state index is 9.37. The first kappa shape index (κ1) is 11.4. The molecular formula is C14H17N3O. The molecule has 0 amide bonds. The van der Waals surface area contributed by atoms with E-state index in [4.69, 9.17) is 0 Å². The number of aromatic nitrogens is 3. The van der Waals surface area contributed by atoms with Crippen LogP contribution in [0.5, 0.6) is 0 Å². The Labute approximate surface area is 106 Å². The van der Waals surface area contributed by atoms with Crippen molar-refractivity contribution < 1.29 is 5.11 Å². The second kappa shape index (κ2) is 4.53. The Morgan fingerprint density at radius 2 is 2.06 bits per heavy atom. The van der Waals surface area contributed by atoms with Crippen LogP contribution in [0.25, 0.3) is 11.4 Å². The molecule has 2 heterocycles. The molecule has 0 spiro atoms. The highest BCUT2D eigenvalue weighted by molar-refractivity contribution is 5.56. The van der Waals surface area contributed by atoms with Gasteiger partial charge in [-0.1, -0.05) is 29.8 Å². The zero-order chi connectivity index (χ0) is 12.5. The molecule has 4 nitrogen and oxygen atoms in total. The summed E-state index contributed by atoms with van der Waals surface area (Å²) in [5, 5.41) is 17.9. The van der Waals surface area contributed by atoms with Crippen LogP contribution in [0.2, 0.25) is 0 Å². The van der Waals surface area contributed by atoms with E-state index >= 15 is 0 Å². The average molecular weight is 243 g/mol. The Morgan fingerprint density at radius 1 is 1.28 bits per heavy atom. The first-order chi connectivity index (χ1) is 8.79. The van der Waals surface area contributed by atoms with Gasteiger partial charge in [-0.2, -0.15) is 0 Å². The second-order valence-electron chi connectivity index (χ2n) is 4.92. The predicted molar refractivity (Wildman–Crippen MR) is 69.3 cm³/mol. The summed E-state index contributed by atoms with van der Waals surface area (Å²) < 4.78 is 2.15. The van der Waals surface area contributed by atoms with Crippen LogP contribution in [0.15, 0.2) is 24.3 Å². The first-order valence-corrected chi connectivity index (χ1v) is 6.40. The number of hydrogen-bond donors (Lipinski definition) is 1. The van der Waals surface area contributed by atoms with Crippen LogP contribution in [0, 0.1) is 6.92 Å². The van der Waals surface area contributed by atoms with Crippen LogP contribution < -0.4 is 0 Å². The van der Waals surface area contributed by atoms with Gasteiger partial charge in [-0.05, 0) is 19.8 Å². The zero-order valence-electron chi connectivity index (χ0n) is 10.5. The van der Waals surface area contributed by atoms with Crippen molar-refractivity contribution in [2.45, 2.75) is 32.2 Å². The SMILES string of the molecule is Cc1ccc(-c2nnc3n2CCCC3CO)cc1. The van der Waals surface area contributed by atoms with E-state index in [1.54, 1.807) is 0 Å². The van der Waals surface area contributed by atoms with Crippen molar-refractivity contribution in [1.82, 2.24) is 14.8 Å². The van der Waals surface area contributed by atoms with Crippen molar-refractivity contribution >= 4 is 0 Å². The molecule has 4 heteroatoms. The maximum Gasteiger partial charge on any atom is 0.163 e. The van der Waals surface area contributed by atoms with E-state index in [0.717, 1.165) is 36.6 Å². The molecule has 1 atom stereocenters. The van der Waals surface area contributed by atoms with Gasteiger partial charge in [0.1, 0.15) is 5.82 Å². The Morgan fingerprint density at radius 3 is 2.78 bits per heavy atom. The molecule has 3 rings (SSSR count). The summed E-state index contributed by atoms with van der Waals surface area (Å²) in [6.07, 6.45) is 2.08. The third-order valence-electron chi connectivity index (χ3n) is 3.61. The molecule has 1 aromatic carbocycles. The summed E-state index contributed by atoms with van der Waals surface area (Å²) >= 11 is 0. The van der Waals surface area contributed by atoms with Gasteiger partial charge in [0.05, 0.1) is 6.61 Å². The fraction of sp³-hybridized carbons (Fsp3) is 0.429. The largest absolute Gasteiger partial charge is 0.396 e. The molecule has 94 valence electrons. The van der Waals surface area contributed by atoms with E-state index in [1.807, 2.05) is 0 Å². The highest BCUT2D eigenvalue weighted by atomic mass is 16.3. The molecule has 2 aromatic rings. The van der Waals surface area contributed by atoms with Crippen LogP contribution in [0.1, 0.15) is 30.1 Å². The smallest absolute Gasteiger partial charge is 0.163 e. The van der Waals surface area contributed by atoms with Gasteiger partial charge in [0, 0.05) is 18.0 Å². The zero-order valence-corrected chi connectivity index (χ0v) is 10.5. The summed E-state index contributed by atoms with van der Waals surface area (Å²) in [5.74, 6) is 1.99. The molecule has 1 N–H and O–H groups in total. The third-order valence-corrected chi connectivity index (χ3v) is 3.61. The van der Waals surface area contributed by atoms with Crippen molar-refractivity contribution in [3.63, 3.8) is 0 Å². The maximum absolute atomic E-state index is 9.37. The van der Waals surface area contributed by atoms with Crippen molar-refractivity contribution in [1.29, 1.82) is 0 Å². The molecule has 0 aliphatic carbocycles. The quantitative estimate of drug-likeness (QED) is 0.879. The van der Waals surface area contributed by atoms with E-state index in [0.29, 0.717) is 0 Å². The van der Waals surface area contributed by atoms with Crippen LogP contribution in [-0.4, -0.2) is 26.5 Å². The molecule has 1 aromatic heterocycles. The minimum atomic E-state index is 0.144. The van der Waals surface area contributed by atoms with E-state index in [9.17, 15) is 5.11 Å². The van der Waals surface area contributed by atoms with Crippen LogP contribution in [-0.2, 0) is 6.54 Å². The van der Waals surface area contributed by atoms with Crippen LogP contribution in [0.3, 0.4) is 0 Å². The van der Waals surface area contributed by atoms with E-state index in [-0.39, 0.29) is 12.5 Å². The van der Waals surface area contributed by atoms with E-state index in [2.05, 4.69) is 46.0 Å². The van der Waals surface area contributed by atoms with Gasteiger partial charge in [-0.15, -0.1) is 10.2 Å². The Bertz CT molecular complexity index is 545. The lowest BCUT2D eigenvalue weighted by Crippen LogP contribution is -2.19. The number of rotatable bonds is 2. The van der Waals surface area contributed by atoms with Gasteiger partial charge < -0.3 is 9.67 Å². The topological polar surface area (TPSA) is 50.9 Å². The van der Waals surface area contributed by atoms with Gasteiger partial charge in [0.2, 0.25) is 0 Å². The number of benzene rings is 1. The number of hydrogen-bond acceptors (Lipinski definition) is 3. The van der Waals surface area contributed by atoms with Gasteiger partial charge >= 0.3 is 0 Å². The van der Waals surface area contributed by atoms with Gasteiger partial charge in [0.15, 0.2) is 5.82 Å². The van der Waals surface area contributed by atoms with Crippen molar-refractivity contribution in [3.05, 3.63) is 35.7 Å². The van der Waals surface area contributed by atoms with Gasteiger partial charge in [0.25, 0.3) is 0 Å². The molecular weight excluding hydrogens is 226 g/mol. The normalized spacial score (nSPS) is 18.7. The van der Waals surface area contributed by atoms with Gasteiger partial charge in [-0.3, -0.25) is 0 Å². The van der Waals surface area contributed by atoms with Gasteiger partial charge in [-0.25, -0.2) is 0 Å². The average Bonchev–Trinajstić information content (AvgIpc) is 2.83. The summed E-state index contributed by atoms with van der Waals surface area (Å²) in [4.78, 5) is 0. The van der Waals surface area contributed by atoms with E-state index in [1.165, 1.54) is 5.56 Å². The lowest BCUT2D eigenvalue weighted by Gasteiger charge is -2.21. The Balaban J connectivity index is 2.04. The number of aliphatic hydroxyl groups is 1. The first-order valence-electron chi connectivity index (χ1n) is 6.40. The summed E-state index contributed by atoms with van der Waals surface area (Å²) in [5.41, 5.74) is 2.34. The molecule has 0 bridgehead atoms. The molecule has 1 aliphatic heterocycles. The summed E-state index contributed by atoms with van der Waals surface area (Å²) in [6.45, 7) is 3.18. The fourth-order valence-electron chi connectivity index (χ4n) is 2.55. The minimum absolute atomic E-state index is 0.144. The van der Waals surface area contributed by atoms with Crippen LogP contribution >= 0.6 is 0 Å². The van der Waals surface area contributed by atoms with E-state index < -0.39 is 0 Å². The second-order valence-corrected chi connectivity index (χ2v) is 4.92. The number of aryl methyl sites for hydroxylation is 1. The predicted octanol–water partition coefficient (Wildman–Crippen LogP) is 2.12. The summed E-state index contributed by atoms with van der Waals surface area (Å²) in [7, 11) is 0. The summed E-state index contributed by atoms with van der Waals surface area (Å²) in [6, 6.07) is 8.33. The lowest BCUT2D eigenvalue weighted by atomic mass is 9.99. The highest BCUT2D eigenvalue weighted by Gasteiger charge is 2.24. The lowest BCUT2D eigenvalue weighted by molar-refractivity contribution is 0.238. The molecule has 1 unspecified atom stereocenters. The highest BCUT2D eigenvalue weighted by Crippen LogP contribution is 2.29. The Hall–Kier alpha value is -1.68. The van der Waals surface area contributed by atoms with Crippen molar-refractivity contribution in [2.24, 2.45) is 0 Å². The molecule has 0 saturated carbocycles. The standard InChI is InChI=1S/C14H17N3O/c1-10-4-6-11(7-5-10)13-15-16-14-12(9-18)3-2-8-17(13)14/h4-7,12,18H,2-3,8-9H2,1H3. The number of aliphatic hydroxyl groups excluding tert-OH is 1. The van der Waals surface area contributed by atoms with Crippen LogP contribution in [0.4, 0.5) is 0 Å². The number of fused-ring (bicyclic) bond motifs is 1. The third kappa shape index (κ3) is 1.82. The molecule has 18 heavy (non-hydrogen) atoms. The minimum Gasteiger partial charge on any atom is -0.396 e. The molecule has 0 saturated heterocycles. The molecule has 0 radical (unpaired) electrons. The molecule has 1 aliphatic rings. The van der Waals surface area contributed by atoms with Crippen molar-refractivity contribution in [3.8, 4) is 11.4 Å². The van der Waals surface area contributed by atoms with Crippen molar-refractivity contribution in [2.75, 3.05) is 6.61 Å².